The first kappa shape index (κ1) is 20.6. The van der Waals surface area contributed by atoms with Gasteiger partial charge in [-0.1, -0.05) is 20.8 Å². The molecule has 0 unspecified atom stereocenters. The topological polar surface area (TPSA) is 78.5 Å². The highest BCUT2D eigenvalue weighted by Gasteiger charge is 2.23. The first-order valence-electron chi connectivity index (χ1n) is 9.24. The molecule has 0 saturated carbocycles. The molecule has 6 nitrogen and oxygen atoms in total. The first-order chi connectivity index (χ1) is 11.4. The van der Waals surface area contributed by atoms with Gasteiger partial charge in [-0.3, -0.25) is 14.4 Å². The number of ketones is 1. The van der Waals surface area contributed by atoms with E-state index in [0.29, 0.717) is 32.5 Å². The van der Waals surface area contributed by atoms with Crippen LogP contribution in [0.2, 0.25) is 0 Å². The van der Waals surface area contributed by atoms with E-state index in [4.69, 9.17) is 0 Å². The van der Waals surface area contributed by atoms with Crippen molar-refractivity contribution in [3.05, 3.63) is 0 Å². The van der Waals surface area contributed by atoms with Crippen molar-refractivity contribution in [3.8, 4) is 0 Å². The third kappa shape index (κ3) is 7.90. The van der Waals surface area contributed by atoms with Crippen molar-refractivity contribution in [1.82, 2.24) is 15.5 Å². The van der Waals surface area contributed by atoms with Crippen LogP contribution in [0.25, 0.3) is 0 Å². The lowest BCUT2D eigenvalue weighted by atomic mass is 10.0. The molecule has 1 aliphatic rings. The van der Waals surface area contributed by atoms with E-state index >= 15 is 0 Å². The number of nitrogens with zero attached hydrogens (tertiary/aromatic N) is 1. The molecular weight excluding hydrogens is 306 g/mol. The Labute approximate surface area is 145 Å². The van der Waals surface area contributed by atoms with Gasteiger partial charge >= 0.3 is 0 Å². The number of unbranched alkanes of at least 4 members (excludes halogenated alkanes) is 1. The predicted molar refractivity (Wildman–Crippen MR) is 94.6 cm³/mol. The Kier molecular flexibility index (Phi) is 9.60. The standard InChI is InChI=1S/C18H33N3O3/c1-4-19-13-17(23)20-15-9-11-21(12-10-15)18(24)8-6-5-7-16(22)14(2)3/h14-15,19H,4-13H2,1-3H3,(H,20,23). The maximum absolute atomic E-state index is 12.2. The Hall–Kier alpha value is -1.43. The molecule has 2 amide bonds. The quantitative estimate of drug-likeness (QED) is 0.591. The van der Waals surface area contributed by atoms with Crippen molar-refractivity contribution < 1.29 is 14.4 Å². The highest BCUT2D eigenvalue weighted by molar-refractivity contribution is 5.80. The van der Waals surface area contributed by atoms with Crippen molar-refractivity contribution in [1.29, 1.82) is 0 Å². The molecule has 24 heavy (non-hydrogen) atoms. The molecule has 0 aromatic rings. The van der Waals surface area contributed by atoms with E-state index in [2.05, 4.69) is 10.6 Å². The number of likely N-dealkylation sites (tertiary alicyclic amines) is 1. The van der Waals surface area contributed by atoms with Crippen LogP contribution in [-0.4, -0.2) is 54.7 Å². The minimum atomic E-state index is 0.0245. The molecule has 6 heteroatoms. The molecule has 1 heterocycles. The lowest BCUT2D eigenvalue weighted by Crippen LogP contribution is -2.48. The summed E-state index contributed by atoms with van der Waals surface area (Å²) in [6, 6.07) is 0.170. The van der Waals surface area contributed by atoms with Crippen LogP contribution in [0.1, 0.15) is 59.3 Å². The van der Waals surface area contributed by atoms with Crippen LogP contribution in [0.5, 0.6) is 0 Å². The second kappa shape index (κ2) is 11.2. The molecule has 0 bridgehead atoms. The number of Topliss-reactive ketones (excluding diaryl/α,β-unsaturated/α-hetero) is 1. The summed E-state index contributed by atoms with van der Waals surface area (Å²) in [5.41, 5.74) is 0. The van der Waals surface area contributed by atoms with Crippen molar-refractivity contribution in [3.63, 3.8) is 0 Å². The number of hydrogen-bond acceptors (Lipinski definition) is 4. The zero-order valence-electron chi connectivity index (χ0n) is 15.4. The van der Waals surface area contributed by atoms with Gasteiger partial charge in [0.1, 0.15) is 5.78 Å². The smallest absolute Gasteiger partial charge is 0.234 e. The van der Waals surface area contributed by atoms with E-state index in [1.54, 1.807) is 0 Å². The first-order valence-corrected chi connectivity index (χ1v) is 9.24. The Morgan fingerprint density at radius 1 is 1.08 bits per heavy atom. The summed E-state index contributed by atoms with van der Waals surface area (Å²) in [5.74, 6) is 0.555. The number of likely N-dealkylation sites (N-methyl/N-ethyl adjacent to an activating group) is 1. The second-order valence-electron chi connectivity index (χ2n) is 6.83. The van der Waals surface area contributed by atoms with Gasteiger partial charge in [0.05, 0.1) is 6.54 Å². The maximum Gasteiger partial charge on any atom is 0.234 e. The van der Waals surface area contributed by atoms with Gasteiger partial charge in [0.15, 0.2) is 0 Å². The van der Waals surface area contributed by atoms with Crippen LogP contribution in [0.15, 0.2) is 0 Å². The summed E-state index contributed by atoms with van der Waals surface area (Å²) >= 11 is 0. The average Bonchev–Trinajstić information content (AvgIpc) is 2.57. The number of carbonyl (C=O) groups is 3. The van der Waals surface area contributed by atoms with E-state index < -0.39 is 0 Å². The van der Waals surface area contributed by atoms with Crippen LogP contribution in [0.4, 0.5) is 0 Å². The molecule has 0 aromatic heterocycles. The SMILES string of the molecule is CCNCC(=O)NC1CCN(C(=O)CCCCC(=O)C(C)C)CC1. The number of amides is 2. The van der Waals surface area contributed by atoms with Crippen molar-refractivity contribution in [2.75, 3.05) is 26.2 Å². The molecular formula is C18H33N3O3. The van der Waals surface area contributed by atoms with E-state index in [9.17, 15) is 14.4 Å². The molecule has 0 radical (unpaired) electrons. The largest absolute Gasteiger partial charge is 0.352 e. The summed E-state index contributed by atoms with van der Waals surface area (Å²) in [7, 11) is 0. The van der Waals surface area contributed by atoms with Gasteiger partial charge in [0.25, 0.3) is 0 Å². The number of nitrogens with one attached hydrogen (secondary N) is 2. The zero-order chi connectivity index (χ0) is 17.9. The summed E-state index contributed by atoms with van der Waals surface area (Å²) in [5, 5.41) is 6.02. The van der Waals surface area contributed by atoms with E-state index in [1.165, 1.54) is 0 Å². The number of rotatable bonds is 10. The van der Waals surface area contributed by atoms with Crippen molar-refractivity contribution in [2.24, 2.45) is 5.92 Å². The third-order valence-corrected chi connectivity index (χ3v) is 4.46. The lowest BCUT2D eigenvalue weighted by molar-refractivity contribution is -0.132. The van der Waals surface area contributed by atoms with E-state index in [-0.39, 0.29) is 29.6 Å². The lowest BCUT2D eigenvalue weighted by Gasteiger charge is -2.32. The number of piperidine rings is 1. The van der Waals surface area contributed by atoms with Gasteiger partial charge in [-0.25, -0.2) is 0 Å². The summed E-state index contributed by atoms with van der Waals surface area (Å²) in [6.07, 6.45) is 4.29. The van der Waals surface area contributed by atoms with Crippen LogP contribution in [-0.2, 0) is 14.4 Å². The van der Waals surface area contributed by atoms with Crippen LogP contribution >= 0.6 is 0 Å². The van der Waals surface area contributed by atoms with Crippen LogP contribution in [0, 0.1) is 5.92 Å². The summed E-state index contributed by atoms with van der Waals surface area (Å²) in [6.45, 7) is 8.33. The van der Waals surface area contributed by atoms with Gasteiger partial charge in [-0.15, -0.1) is 0 Å². The Morgan fingerprint density at radius 2 is 1.71 bits per heavy atom. The van der Waals surface area contributed by atoms with E-state index in [0.717, 1.165) is 32.2 Å². The van der Waals surface area contributed by atoms with Gasteiger partial charge in [0, 0.05) is 37.9 Å². The maximum atomic E-state index is 12.2. The third-order valence-electron chi connectivity index (χ3n) is 4.46. The minimum absolute atomic E-state index is 0.0245. The average molecular weight is 339 g/mol. The van der Waals surface area contributed by atoms with Crippen LogP contribution < -0.4 is 10.6 Å². The second-order valence-corrected chi connectivity index (χ2v) is 6.83. The molecule has 1 rings (SSSR count). The minimum Gasteiger partial charge on any atom is -0.352 e. The molecule has 0 aromatic carbocycles. The molecule has 0 atom stereocenters. The Morgan fingerprint density at radius 3 is 2.29 bits per heavy atom. The summed E-state index contributed by atoms with van der Waals surface area (Å²) in [4.78, 5) is 37.3. The molecule has 138 valence electrons. The molecule has 2 N–H and O–H groups in total. The predicted octanol–water partition coefficient (Wildman–Crippen LogP) is 1.49. The van der Waals surface area contributed by atoms with Crippen molar-refractivity contribution in [2.45, 2.75) is 65.3 Å². The fourth-order valence-corrected chi connectivity index (χ4v) is 2.81. The molecule has 0 spiro atoms. The van der Waals surface area contributed by atoms with Gasteiger partial charge in [0.2, 0.25) is 11.8 Å². The highest BCUT2D eigenvalue weighted by Crippen LogP contribution is 2.13. The molecule has 1 fully saturated rings. The van der Waals surface area contributed by atoms with Gasteiger partial charge < -0.3 is 15.5 Å². The number of hydrogen-bond donors (Lipinski definition) is 2. The molecule has 1 saturated heterocycles. The molecule has 1 aliphatic heterocycles. The normalized spacial score (nSPS) is 15.6. The van der Waals surface area contributed by atoms with Crippen LogP contribution in [0.3, 0.4) is 0 Å². The highest BCUT2D eigenvalue weighted by atomic mass is 16.2. The Balaban J connectivity index is 2.16. The monoisotopic (exact) mass is 339 g/mol. The fraction of sp³-hybridized carbons (Fsp3) is 0.833. The van der Waals surface area contributed by atoms with Crippen molar-refractivity contribution >= 4 is 17.6 Å². The Bertz CT molecular complexity index is 416. The van der Waals surface area contributed by atoms with Gasteiger partial charge in [-0.05, 0) is 32.2 Å². The molecule has 0 aliphatic carbocycles. The fourth-order valence-electron chi connectivity index (χ4n) is 2.81. The van der Waals surface area contributed by atoms with E-state index in [1.807, 2.05) is 25.7 Å². The number of carbonyl (C=O) groups excluding carboxylic acids is 3. The summed E-state index contributed by atoms with van der Waals surface area (Å²) < 4.78 is 0. The zero-order valence-corrected chi connectivity index (χ0v) is 15.4. The van der Waals surface area contributed by atoms with Gasteiger partial charge in [-0.2, -0.15) is 0 Å².